The average molecular weight is 542 g/mol. The van der Waals surface area contributed by atoms with Crippen molar-refractivity contribution in [1.29, 1.82) is 0 Å². The van der Waals surface area contributed by atoms with Gasteiger partial charge < -0.3 is 31.0 Å². The van der Waals surface area contributed by atoms with Crippen LogP contribution >= 0.6 is 0 Å². The first-order chi connectivity index (χ1) is 17.5. The fourth-order valence-electron chi connectivity index (χ4n) is 3.73. The Kier molecular flexibility index (Phi) is 14.7. The number of nitrogens with one attached hydrogen (secondary N) is 3. The molecule has 5 atom stereocenters. The van der Waals surface area contributed by atoms with Crippen LogP contribution in [-0.2, 0) is 38.4 Å². The monoisotopic (exact) mass is 541 g/mol. The molecule has 3 amide bonds. The Hall–Kier alpha value is -3.64. The van der Waals surface area contributed by atoms with Gasteiger partial charge in [0.15, 0.2) is 11.6 Å². The number of hydrogen-bond donors (Lipinski definition) is 5. The first-order valence-corrected chi connectivity index (χ1v) is 12.3. The molecular weight excluding hydrogens is 502 g/mol. The summed E-state index contributed by atoms with van der Waals surface area (Å²) >= 11 is 0. The summed E-state index contributed by atoms with van der Waals surface area (Å²) in [6.45, 7) is 9.27. The van der Waals surface area contributed by atoms with Gasteiger partial charge in [-0.25, -0.2) is 0 Å². The minimum atomic E-state index is -1.33. The smallest absolute Gasteiger partial charge is 0.305 e. The van der Waals surface area contributed by atoms with E-state index in [1.807, 2.05) is 0 Å². The molecule has 0 rings (SSSR count). The topological polar surface area (TPSA) is 213 Å². The second kappa shape index (κ2) is 16.3. The van der Waals surface area contributed by atoms with Crippen LogP contribution in [0.1, 0.15) is 67.2 Å². The summed E-state index contributed by atoms with van der Waals surface area (Å²) < 4.78 is 0. The van der Waals surface area contributed by atoms with Crippen LogP contribution in [0.15, 0.2) is 0 Å². The minimum Gasteiger partial charge on any atom is -0.481 e. The molecule has 0 fully saturated rings. The highest BCUT2D eigenvalue weighted by atomic mass is 16.4. The van der Waals surface area contributed by atoms with Crippen molar-refractivity contribution < 1.29 is 48.6 Å². The number of aldehydes is 1. The van der Waals surface area contributed by atoms with Gasteiger partial charge in [0, 0.05) is 25.7 Å². The lowest BCUT2D eigenvalue weighted by Gasteiger charge is -2.26. The molecule has 0 unspecified atom stereocenters. The Bertz CT molecular complexity index is 915. The van der Waals surface area contributed by atoms with Crippen molar-refractivity contribution in [1.82, 2.24) is 16.0 Å². The molecule has 13 nitrogen and oxygen atoms in total. The lowest BCUT2D eigenvalue weighted by atomic mass is 9.88. The van der Waals surface area contributed by atoms with Gasteiger partial charge >= 0.3 is 11.9 Å². The largest absolute Gasteiger partial charge is 0.481 e. The summed E-state index contributed by atoms with van der Waals surface area (Å²) in [6, 6.07) is -3.30. The van der Waals surface area contributed by atoms with Crippen molar-refractivity contribution >= 4 is 47.5 Å². The normalized spacial score (nSPS) is 14.9. The predicted molar refractivity (Wildman–Crippen MR) is 134 cm³/mol. The average Bonchev–Trinajstić information content (AvgIpc) is 2.78. The number of Topliss-reactive ketones (excluding diaryl/α,β-unsaturated/α-hetero) is 2. The van der Waals surface area contributed by atoms with Crippen LogP contribution in [0.25, 0.3) is 0 Å². The third-order valence-corrected chi connectivity index (χ3v) is 5.76. The molecule has 0 saturated heterocycles. The van der Waals surface area contributed by atoms with Gasteiger partial charge in [-0.05, 0) is 11.8 Å². The van der Waals surface area contributed by atoms with E-state index in [9.17, 15) is 43.5 Å². The molecule has 0 aromatic heterocycles. The molecule has 0 aliphatic carbocycles. The van der Waals surface area contributed by atoms with E-state index in [2.05, 4.69) is 16.0 Å². The number of carboxylic acid groups (broad SMARTS) is 2. The van der Waals surface area contributed by atoms with E-state index < -0.39 is 96.4 Å². The van der Waals surface area contributed by atoms with Gasteiger partial charge in [-0.1, -0.05) is 34.6 Å². The lowest BCUT2D eigenvalue weighted by Crippen LogP contribution is -2.50. The highest BCUT2D eigenvalue weighted by Crippen LogP contribution is 2.17. The van der Waals surface area contributed by atoms with Crippen LogP contribution in [0.2, 0.25) is 0 Å². The van der Waals surface area contributed by atoms with Crippen molar-refractivity contribution in [2.45, 2.75) is 85.4 Å². The first kappa shape index (κ1) is 34.4. The van der Waals surface area contributed by atoms with Crippen LogP contribution in [0.3, 0.4) is 0 Å². The molecule has 0 heterocycles. The molecule has 38 heavy (non-hydrogen) atoms. The molecule has 0 bridgehead atoms. The van der Waals surface area contributed by atoms with Crippen LogP contribution in [0.5, 0.6) is 0 Å². The summed E-state index contributed by atoms with van der Waals surface area (Å²) in [4.78, 5) is 95.8. The number of ketones is 2. The number of carboxylic acids is 2. The van der Waals surface area contributed by atoms with E-state index >= 15 is 0 Å². The van der Waals surface area contributed by atoms with Crippen molar-refractivity contribution in [3.05, 3.63) is 0 Å². The van der Waals surface area contributed by atoms with Crippen molar-refractivity contribution in [2.24, 2.45) is 23.7 Å². The lowest BCUT2D eigenvalue weighted by molar-refractivity contribution is -0.143. The summed E-state index contributed by atoms with van der Waals surface area (Å²) in [7, 11) is 0. The zero-order valence-corrected chi connectivity index (χ0v) is 22.6. The standard InChI is InChI=1S/C25H39N3O10/c1-12(2)22(26-15(6)30)19(32)8-16(9-20(33)34)25(38)28-23(13(3)4)18(31)7-14(5)24(37)27-17(11-29)10-21(35)36/h11-14,16-17,22-23H,7-10H2,1-6H3,(H,26,30)(H,27,37)(H,28,38)(H,33,34)(H,35,36)/t14-,16+,17+,22+,23+/m1/s1. The maximum absolute atomic E-state index is 13.0. The molecular formula is C25H39N3O10. The van der Waals surface area contributed by atoms with Crippen LogP contribution in [0.4, 0.5) is 0 Å². The minimum absolute atomic E-state index is 0.275. The van der Waals surface area contributed by atoms with Crippen LogP contribution in [0, 0.1) is 23.7 Å². The molecule has 5 N–H and O–H groups in total. The number of hydrogen-bond acceptors (Lipinski definition) is 8. The quantitative estimate of drug-likeness (QED) is 0.147. The zero-order chi connectivity index (χ0) is 29.7. The highest BCUT2D eigenvalue weighted by Gasteiger charge is 2.34. The van der Waals surface area contributed by atoms with E-state index in [4.69, 9.17) is 5.11 Å². The SMILES string of the molecule is CC(=O)N[C@H](C(=O)C[C@@H](CC(=O)O)C(=O)N[C@H](C(=O)C[C@@H](C)C(=O)N[C@H](C=O)CC(=O)O)C(C)C)C(C)C. The molecule has 0 spiro atoms. The van der Waals surface area contributed by atoms with Crippen LogP contribution in [-0.4, -0.2) is 75.9 Å². The van der Waals surface area contributed by atoms with Gasteiger partial charge in [0.1, 0.15) is 6.29 Å². The molecule has 13 heteroatoms. The maximum atomic E-state index is 13.0. The van der Waals surface area contributed by atoms with Gasteiger partial charge in [-0.15, -0.1) is 0 Å². The molecule has 214 valence electrons. The summed E-state index contributed by atoms with van der Waals surface area (Å²) in [5.74, 6) is -8.75. The second-order valence-corrected chi connectivity index (χ2v) is 10.0. The van der Waals surface area contributed by atoms with Gasteiger partial charge in [0.05, 0.1) is 36.9 Å². The fraction of sp³-hybridized carbons (Fsp3) is 0.680. The molecule has 0 radical (unpaired) electrons. The fourth-order valence-corrected chi connectivity index (χ4v) is 3.73. The summed E-state index contributed by atoms with van der Waals surface area (Å²) in [6.07, 6.45) is -1.86. The predicted octanol–water partition coefficient (Wildman–Crippen LogP) is 0.0917. The number of carbonyl (C=O) groups is 8. The third-order valence-electron chi connectivity index (χ3n) is 5.76. The van der Waals surface area contributed by atoms with Crippen LogP contribution < -0.4 is 16.0 Å². The highest BCUT2D eigenvalue weighted by molar-refractivity contribution is 5.96. The molecule has 0 aromatic carbocycles. The van der Waals surface area contributed by atoms with Crippen molar-refractivity contribution in [3.63, 3.8) is 0 Å². The van der Waals surface area contributed by atoms with E-state index in [-0.39, 0.29) is 18.6 Å². The van der Waals surface area contributed by atoms with E-state index in [1.54, 1.807) is 27.7 Å². The zero-order valence-electron chi connectivity index (χ0n) is 22.6. The Morgan fingerprint density at radius 2 is 1.13 bits per heavy atom. The number of amides is 3. The van der Waals surface area contributed by atoms with E-state index in [0.29, 0.717) is 0 Å². The Morgan fingerprint density at radius 3 is 1.55 bits per heavy atom. The van der Waals surface area contributed by atoms with Gasteiger partial charge in [0.25, 0.3) is 0 Å². The number of aliphatic carboxylic acids is 2. The molecule has 0 aliphatic heterocycles. The maximum Gasteiger partial charge on any atom is 0.305 e. The van der Waals surface area contributed by atoms with Gasteiger partial charge in [0.2, 0.25) is 17.7 Å². The van der Waals surface area contributed by atoms with Crippen molar-refractivity contribution in [2.75, 3.05) is 0 Å². The number of rotatable bonds is 18. The summed E-state index contributed by atoms with van der Waals surface area (Å²) in [5, 5.41) is 25.3. The van der Waals surface area contributed by atoms with Gasteiger partial charge in [-0.3, -0.25) is 33.6 Å². The second-order valence-electron chi connectivity index (χ2n) is 10.0. The van der Waals surface area contributed by atoms with E-state index in [0.717, 1.165) is 0 Å². The molecule has 0 aromatic rings. The summed E-state index contributed by atoms with van der Waals surface area (Å²) in [5.41, 5.74) is 0. The Labute approximate surface area is 221 Å². The third kappa shape index (κ3) is 12.5. The van der Waals surface area contributed by atoms with Crippen molar-refractivity contribution in [3.8, 4) is 0 Å². The first-order valence-electron chi connectivity index (χ1n) is 12.3. The van der Waals surface area contributed by atoms with E-state index in [1.165, 1.54) is 13.8 Å². The molecule has 0 saturated carbocycles. The Balaban J connectivity index is 5.55. The van der Waals surface area contributed by atoms with Gasteiger partial charge in [-0.2, -0.15) is 0 Å². The number of carbonyl (C=O) groups excluding carboxylic acids is 6. The molecule has 0 aliphatic rings. The Morgan fingerprint density at radius 1 is 0.658 bits per heavy atom.